The Bertz CT molecular complexity index is 736. The van der Waals surface area contributed by atoms with E-state index in [1.165, 1.54) is 24.3 Å². The summed E-state index contributed by atoms with van der Waals surface area (Å²) in [5.41, 5.74) is 0.721. The molecule has 9 nitrogen and oxygen atoms in total. The zero-order valence-corrected chi connectivity index (χ0v) is 16.9. The minimum atomic E-state index is -5.50. The van der Waals surface area contributed by atoms with Crippen molar-refractivity contribution in [1.29, 1.82) is 0 Å². The van der Waals surface area contributed by atoms with Crippen LogP contribution in [0.1, 0.15) is 19.4 Å². The number of hydrogen-bond donors (Lipinski definition) is 5. The van der Waals surface area contributed by atoms with Crippen molar-refractivity contribution in [3.63, 3.8) is 0 Å². The average Bonchev–Trinajstić information content (AvgIpc) is 2.73. The monoisotopic (exact) mass is 459 g/mol. The fourth-order valence-corrected chi connectivity index (χ4v) is 6.82. The summed E-state index contributed by atoms with van der Waals surface area (Å²) >= 11 is -0.0729. The Kier molecular flexibility index (Phi) is 5.73. The van der Waals surface area contributed by atoms with E-state index in [0.717, 1.165) is 0 Å². The van der Waals surface area contributed by atoms with Gasteiger partial charge in [0.15, 0.2) is 0 Å². The van der Waals surface area contributed by atoms with Gasteiger partial charge in [0.25, 0.3) is 0 Å². The second-order valence-corrected chi connectivity index (χ2v) is 12.7. The van der Waals surface area contributed by atoms with E-state index in [1.54, 1.807) is 3.92 Å². The summed E-state index contributed by atoms with van der Waals surface area (Å²) in [6, 6.07) is 5.81. The Morgan fingerprint density at radius 1 is 1.08 bits per heavy atom. The molecule has 2 unspecified atom stereocenters. The van der Waals surface area contributed by atoms with Gasteiger partial charge in [0, 0.05) is 0 Å². The molecule has 0 saturated carbocycles. The molecular formula is C13H19NO8P2Se. The summed E-state index contributed by atoms with van der Waals surface area (Å²) in [4.78, 5) is 49.1. The summed E-state index contributed by atoms with van der Waals surface area (Å²) in [5.74, 6) is -0.101. The quantitative estimate of drug-likeness (QED) is 0.318. The van der Waals surface area contributed by atoms with Crippen molar-refractivity contribution >= 4 is 42.0 Å². The molecule has 0 spiro atoms. The van der Waals surface area contributed by atoms with Crippen LogP contribution in [0.2, 0.25) is 4.82 Å². The first kappa shape index (κ1) is 20.8. The average molecular weight is 458 g/mol. The molecule has 0 aromatic heterocycles. The molecule has 1 saturated heterocycles. The fourth-order valence-electron chi connectivity index (χ4n) is 2.28. The van der Waals surface area contributed by atoms with Crippen molar-refractivity contribution in [2.45, 2.75) is 30.2 Å². The number of carbonyl (C=O) groups is 1. The number of hydrogen-bond acceptors (Lipinski definition) is 4. The number of nitrogens with zero attached hydrogens (tertiary/aromatic N) is 1. The van der Waals surface area contributed by atoms with Crippen LogP contribution in [0.3, 0.4) is 0 Å². The molecule has 1 aliphatic rings. The second kappa shape index (κ2) is 6.89. The van der Waals surface area contributed by atoms with Crippen LogP contribution in [0.4, 0.5) is 5.69 Å². The number of aliphatic hydroxyl groups is 1. The maximum atomic E-state index is 12.2. The Hall–Kier alpha value is -0.531. The summed E-state index contributed by atoms with van der Waals surface area (Å²) in [7, 11) is -11.0. The van der Waals surface area contributed by atoms with E-state index in [-0.39, 0.29) is 37.4 Å². The van der Waals surface area contributed by atoms with Gasteiger partial charge < -0.3 is 0 Å². The molecule has 1 aliphatic heterocycles. The molecule has 0 bridgehead atoms. The zero-order chi connectivity index (χ0) is 19.2. The van der Waals surface area contributed by atoms with E-state index >= 15 is 0 Å². The maximum absolute atomic E-state index is 12.2. The van der Waals surface area contributed by atoms with E-state index in [0.29, 0.717) is 5.69 Å². The first-order chi connectivity index (χ1) is 11.3. The predicted octanol–water partition coefficient (Wildman–Crippen LogP) is 0.641. The molecule has 12 heteroatoms. The second-order valence-electron chi connectivity index (χ2n) is 5.94. The van der Waals surface area contributed by atoms with Gasteiger partial charge in [0.1, 0.15) is 0 Å². The van der Waals surface area contributed by atoms with E-state index < -0.39 is 26.7 Å². The Morgan fingerprint density at radius 2 is 1.56 bits per heavy atom. The van der Waals surface area contributed by atoms with Crippen molar-refractivity contribution in [2.75, 3.05) is 3.92 Å². The minimum absolute atomic E-state index is 0.0119. The van der Waals surface area contributed by atoms with Gasteiger partial charge in [0.2, 0.25) is 0 Å². The summed E-state index contributed by atoms with van der Waals surface area (Å²) in [6.45, 7) is 3.83. The van der Waals surface area contributed by atoms with Crippen LogP contribution in [0, 0.1) is 5.92 Å². The predicted molar refractivity (Wildman–Crippen MR) is 91.0 cm³/mol. The zero-order valence-electron chi connectivity index (χ0n) is 13.4. The van der Waals surface area contributed by atoms with E-state index in [9.17, 15) is 38.6 Å². The van der Waals surface area contributed by atoms with Crippen LogP contribution in [-0.2, 0) is 20.3 Å². The van der Waals surface area contributed by atoms with Crippen LogP contribution >= 0.6 is 15.2 Å². The molecular weight excluding hydrogens is 439 g/mol. The van der Waals surface area contributed by atoms with Crippen LogP contribution in [-0.4, -0.2) is 50.8 Å². The van der Waals surface area contributed by atoms with Gasteiger partial charge in [-0.25, -0.2) is 0 Å². The molecule has 1 amide bonds. The molecule has 2 rings (SSSR count). The summed E-state index contributed by atoms with van der Waals surface area (Å²) in [6.07, 6.45) is -0.923. The van der Waals surface area contributed by atoms with E-state index in [1.807, 2.05) is 13.8 Å². The van der Waals surface area contributed by atoms with Gasteiger partial charge in [-0.3, -0.25) is 0 Å². The van der Waals surface area contributed by atoms with Gasteiger partial charge >= 0.3 is 150 Å². The number of anilines is 1. The molecule has 0 aliphatic carbocycles. The molecule has 1 heterocycles. The van der Waals surface area contributed by atoms with Crippen molar-refractivity contribution < 1.29 is 38.6 Å². The van der Waals surface area contributed by atoms with Gasteiger partial charge in [0.05, 0.1) is 0 Å². The topological polar surface area (TPSA) is 156 Å². The van der Waals surface area contributed by atoms with E-state index in [2.05, 4.69) is 0 Å². The van der Waals surface area contributed by atoms with E-state index in [4.69, 9.17) is 0 Å². The number of benzene rings is 1. The van der Waals surface area contributed by atoms with Crippen molar-refractivity contribution in [3.8, 4) is 0 Å². The SMILES string of the molecule is CC1[Se]N(c2ccc(CC(O)(P(=O)(O)O)P(=O)(O)O)cc2)C(=O)C1C. The normalized spacial score (nSPS) is 22.5. The van der Waals surface area contributed by atoms with Gasteiger partial charge in [-0.05, 0) is 0 Å². The molecule has 1 fully saturated rings. The summed E-state index contributed by atoms with van der Waals surface area (Å²) in [5, 5.41) is 6.45. The van der Waals surface area contributed by atoms with Crippen molar-refractivity contribution in [1.82, 2.24) is 0 Å². The fraction of sp³-hybridized carbons (Fsp3) is 0.462. The van der Waals surface area contributed by atoms with Crippen LogP contribution < -0.4 is 3.92 Å². The van der Waals surface area contributed by atoms with Crippen LogP contribution in [0.25, 0.3) is 0 Å². The summed E-state index contributed by atoms with van der Waals surface area (Å²) < 4.78 is 24.4. The Balaban J connectivity index is 2.27. The van der Waals surface area contributed by atoms with Crippen molar-refractivity contribution in [3.05, 3.63) is 29.8 Å². The van der Waals surface area contributed by atoms with Gasteiger partial charge in [-0.15, -0.1) is 0 Å². The number of rotatable bonds is 5. The van der Waals surface area contributed by atoms with Gasteiger partial charge in [-0.1, -0.05) is 0 Å². The molecule has 5 N–H and O–H groups in total. The Labute approximate surface area is 150 Å². The molecule has 0 radical (unpaired) electrons. The van der Waals surface area contributed by atoms with Crippen LogP contribution in [0.15, 0.2) is 24.3 Å². The number of carbonyl (C=O) groups excluding carboxylic acids is 1. The standard InChI is InChI=1S/C13H19NO8P2Se/c1-8-9(2)25-14(12(8)15)11-5-3-10(4-6-11)7-13(16,23(17,18)19)24(20,21)22/h3-6,8-9,16H,7H2,1-2H3,(H2,17,18,19)(H2,20,21,22). The van der Waals surface area contributed by atoms with Gasteiger partial charge in [-0.2, -0.15) is 0 Å². The van der Waals surface area contributed by atoms with Crippen molar-refractivity contribution in [2.24, 2.45) is 5.92 Å². The third-order valence-electron chi connectivity index (χ3n) is 4.11. The van der Waals surface area contributed by atoms with Crippen LogP contribution in [0.5, 0.6) is 0 Å². The Morgan fingerprint density at radius 3 is 1.92 bits per heavy atom. The molecule has 1 aromatic carbocycles. The molecule has 25 heavy (non-hydrogen) atoms. The first-order valence-corrected chi connectivity index (χ1v) is 12.2. The third kappa shape index (κ3) is 3.93. The molecule has 2 atom stereocenters. The molecule has 140 valence electrons. The molecule has 1 aromatic rings. The third-order valence-corrected chi connectivity index (χ3v) is 10.7. The number of amides is 1. The first-order valence-electron chi connectivity index (χ1n) is 7.21.